The van der Waals surface area contributed by atoms with Crippen molar-refractivity contribution >= 4 is 54.8 Å². The summed E-state index contributed by atoms with van der Waals surface area (Å²) in [6, 6.07) is 20.7. The predicted molar refractivity (Wildman–Crippen MR) is 337 cm³/mol. The molecule has 4 spiro atoms. The molecule has 8 saturated heterocycles. The Morgan fingerprint density at radius 2 is 0.953 bits per heavy atom. The standard InChI is InChI=1S/C72H88N8O6/c81-57-21-31-71-43-67-45-77-35-15-7-4-2-6-14-30-70(84,42-52(53(67)25-37-77)62-64-50(24-34-74-62)48-18-10-12-20-56(48)76-64)66(67)80(71)40-28-60(57)86-72-32-22-59(85-71)58(82)27-39-79(72)65-68(44-72)46-78-36-16-8-3-1-5-13-29-69(65,83)41-51(54(68)26-38-78)61-63-49(23-33-73-61)47-17-9-11-19-55(47)75-63/h1-2,5-6,9-12,17-20,23-24,33-34,41-42,53-54,57-60,65-66,75-76,81-84H,3-4,7-8,13-16,21-22,25-32,35-40,43-46H2/b5-1-,6-2-/t53-,54-,57?,58-,59+,60?,65?,66?,67-,68-,69?,70-,71+,72+/m0/s1. The molecule has 7 unspecified atom stereocenters. The van der Waals surface area contributed by atoms with Gasteiger partial charge in [0.1, 0.15) is 11.4 Å². The van der Waals surface area contributed by atoms with Crippen molar-refractivity contribution < 1.29 is 29.9 Å². The molecule has 14 heterocycles. The Balaban J connectivity index is 0.805. The molecule has 16 atom stereocenters. The van der Waals surface area contributed by atoms with Crippen molar-refractivity contribution in [2.75, 3.05) is 52.4 Å². The normalized spacial score (nSPS) is 42.0. The number of nitrogens with zero attached hydrogens (tertiary/aromatic N) is 6. The maximum atomic E-state index is 14.4. The van der Waals surface area contributed by atoms with E-state index in [4.69, 9.17) is 19.4 Å². The van der Waals surface area contributed by atoms with Gasteiger partial charge >= 0.3 is 0 Å². The number of aromatic nitrogens is 4. The lowest BCUT2D eigenvalue weighted by Crippen LogP contribution is -2.66. The Hall–Kier alpha value is -5.10. The number of ether oxygens (including phenoxy) is 2. The van der Waals surface area contributed by atoms with Crippen LogP contribution in [0.2, 0.25) is 0 Å². The van der Waals surface area contributed by atoms with Gasteiger partial charge in [0.05, 0.1) is 70.1 Å². The molecule has 14 heteroatoms. The summed E-state index contributed by atoms with van der Waals surface area (Å²) in [5.74, 6) is 0.123. The first-order valence-electron chi connectivity index (χ1n) is 33.6. The van der Waals surface area contributed by atoms with E-state index in [2.05, 4.69) is 127 Å². The van der Waals surface area contributed by atoms with E-state index >= 15 is 0 Å². The topological polar surface area (TPSA) is 170 Å². The smallest absolute Gasteiger partial charge is 0.123 e. The number of hydrogen-bond acceptors (Lipinski definition) is 12. The van der Waals surface area contributed by atoms with Crippen molar-refractivity contribution in [1.29, 1.82) is 0 Å². The summed E-state index contributed by atoms with van der Waals surface area (Å²) in [7, 11) is 0. The lowest BCUT2D eigenvalue weighted by molar-refractivity contribution is -0.223. The molecule has 10 bridgehead atoms. The third-order valence-corrected chi connectivity index (χ3v) is 24.3. The van der Waals surface area contributed by atoms with Crippen LogP contribution in [0.1, 0.15) is 140 Å². The van der Waals surface area contributed by atoms with E-state index in [0.29, 0.717) is 77.3 Å². The zero-order chi connectivity index (χ0) is 57.6. The van der Waals surface area contributed by atoms with E-state index in [1.54, 1.807) is 0 Å². The van der Waals surface area contributed by atoms with Crippen molar-refractivity contribution in [3.05, 3.63) is 121 Å². The minimum Gasteiger partial charge on any atom is -0.390 e. The van der Waals surface area contributed by atoms with E-state index < -0.39 is 57.9 Å². The number of nitrogens with one attached hydrogen (secondary N) is 2. The van der Waals surface area contributed by atoms with Gasteiger partial charge < -0.3 is 49.7 Å². The lowest BCUT2D eigenvalue weighted by Gasteiger charge is -2.58. The number of allylic oxidation sites excluding steroid dienone is 6. The monoisotopic (exact) mass is 1160 g/mol. The summed E-state index contributed by atoms with van der Waals surface area (Å²) in [6.07, 6.45) is 30.7. The SMILES string of the molecule is OC1CC[C@@]23C[C@]45CN6CCCC/C=C\CC[C@](O)(C=C(c7nccc8c7[nH]c7ccccc78)[C@@H]4CC6)C5N2CCC1O[C@@]12CC[C@@H](O3)[C@@H](O)CCN1C1C3(O)C=C(c4nccc5c4[nH]c4ccccc45)[C@@H]4CCN(CCCC/C=C\CC3)C[C@]14C2. The minimum absolute atomic E-state index is 0.0576. The molecule has 18 rings (SSSR count). The first-order valence-corrected chi connectivity index (χ1v) is 33.6. The third-order valence-electron chi connectivity index (χ3n) is 24.3. The quantitative estimate of drug-likeness (QED) is 0.0909. The maximum Gasteiger partial charge on any atom is 0.123 e. The molecule has 2 aromatic carbocycles. The van der Waals surface area contributed by atoms with Crippen LogP contribution in [0, 0.1) is 22.7 Å². The second-order valence-electron chi connectivity index (χ2n) is 28.9. The number of piperidine rings is 2. The molecule has 0 amide bonds. The molecule has 6 N–H and O–H groups in total. The van der Waals surface area contributed by atoms with Crippen LogP contribution in [0.5, 0.6) is 0 Å². The number of benzene rings is 2. The fourth-order valence-corrected chi connectivity index (χ4v) is 21.1. The molecular weight excluding hydrogens is 1070 g/mol. The summed E-state index contributed by atoms with van der Waals surface area (Å²) in [6.45, 7) is 6.66. The molecule has 452 valence electrons. The van der Waals surface area contributed by atoms with Crippen molar-refractivity contribution in [1.82, 2.24) is 39.5 Å². The number of hydrogen-bond donors (Lipinski definition) is 6. The molecule has 86 heavy (non-hydrogen) atoms. The average molecular weight is 1160 g/mol. The van der Waals surface area contributed by atoms with Gasteiger partial charge in [-0.25, -0.2) is 0 Å². The second-order valence-corrected chi connectivity index (χ2v) is 28.9. The Bertz CT molecular complexity index is 3740. The van der Waals surface area contributed by atoms with Gasteiger partial charge in [0.15, 0.2) is 0 Å². The molecule has 4 aromatic heterocycles. The van der Waals surface area contributed by atoms with Crippen LogP contribution in [0.3, 0.4) is 0 Å². The first-order chi connectivity index (χ1) is 42.0. The zero-order valence-electron chi connectivity index (χ0n) is 50.1. The number of fused-ring (bicyclic) bond motifs is 11. The van der Waals surface area contributed by atoms with Crippen LogP contribution in [0.25, 0.3) is 54.8 Å². The number of aliphatic hydroxyl groups is 4. The molecule has 0 radical (unpaired) electrons. The summed E-state index contributed by atoms with van der Waals surface area (Å²) in [5, 5.41) is 59.7. The van der Waals surface area contributed by atoms with Crippen LogP contribution < -0.4 is 0 Å². The summed E-state index contributed by atoms with van der Waals surface area (Å²) in [4.78, 5) is 28.9. The lowest BCUT2D eigenvalue weighted by atomic mass is 9.54. The van der Waals surface area contributed by atoms with Crippen LogP contribution in [0.4, 0.5) is 0 Å². The summed E-state index contributed by atoms with van der Waals surface area (Å²) < 4.78 is 16.3. The van der Waals surface area contributed by atoms with Gasteiger partial charge in [-0.15, -0.1) is 0 Å². The van der Waals surface area contributed by atoms with Crippen molar-refractivity contribution in [2.45, 2.75) is 188 Å². The first kappa shape index (κ1) is 55.0. The van der Waals surface area contributed by atoms with E-state index in [1.165, 1.54) is 10.8 Å². The Morgan fingerprint density at radius 1 is 0.477 bits per heavy atom. The van der Waals surface area contributed by atoms with Gasteiger partial charge in [0.25, 0.3) is 0 Å². The molecule has 2 aliphatic carbocycles. The highest BCUT2D eigenvalue weighted by Gasteiger charge is 2.74. The predicted octanol–water partition coefficient (Wildman–Crippen LogP) is 10.8. The number of H-pyrrole nitrogens is 2. The van der Waals surface area contributed by atoms with Crippen molar-refractivity contribution in [3.8, 4) is 0 Å². The molecular formula is C72H88N8O6. The minimum atomic E-state index is -1.28. The van der Waals surface area contributed by atoms with Gasteiger partial charge in [0, 0.05) is 82.0 Å². The fourth-order valence-electron chi connectivity index (χ4n) is 21.1. The van der Waals surface area contributed by atoms with Crippen LogP contribution >= 0.6 is 0 Å². The number of aromatic amines is 2. The number of para-hydroxylation sites is 2. The highest BCUT2D eigenvalue weighted by molar-refractivity contribution is 6.11. The van der Waals surface area contributed by atoms with Gasteiger partial charge in [-0.3, -0.25) is 19.8 Å². The van der Waals surface area contributed by atoms with Crippen LogP contribution in [-0.4, -0.2) is 171 Å². The third kappa shape index (κ3) is 8.39. The molecule has 10 aliphatic heterocycles. The summed E-state index contributed by atoms with van der Waals surface area (Å²) >= 11 is 0. The fraction of sp³-hybridized carbons (Fsp3) is 0.583. The van der Waals surface area contributed by atoms with E-state index in [9.17, 15) is 20.4 Å². The largest absolute Gasteiger partial charge is 0.390 e. The zero-order valence-corrected chi connectivity index (χ0v) is 50.1. The van der Waals surface area contributed by atoms with Gasteiger partial charge in [-0.2, -0.15) is 0 Å². The molecule has 14 nitrogen and oxygen atoms in total. The van der Waals surface area contributed by atoms with E-state index in [1.807, 2.05) is 12.4 Å². The van der Waals surface area contributed by atoms with Gasteiger partial charge in [-0.05, 0) is 214 Å². The maximum absolute atomic E-state index is 14.4. The highest BCUT2D eigenvalue weighted by atomic mass is 16.6. The van der Waals surface area contributed by atoms with Crippen molar-refractivity contribution in [2.24, 2.45) is 22.7 Å². The summed E-state index contributed by atoms with van der Waals surface area (Å²) in [5.41, 5.74) is 3.10. The van der Waals surface area contributed by atoms with E-state index in [-0.39, 0.29) is 23.9 Å². The number of pyridine rings is 2. The Labute approximate surface area is 505 Å². The second kappa shape index (κ2) is 20.7. The van der Waals surface area contributed by atoms with Crippen molar-refractivity contribution in [3.63, 3.8) is 0 Å². The van der Waals surface area contributed by atoms with Crippen LogP contribution in [-0.2, 0) is 9.47 Å². The molecule has 12 aliphatic rings. The Morgan fingerprint density at radius 3 is 1.50 bits per heavy atom. The molecule has 0 saturated carbocycles. The van der Waals surface area contributed by atoms with Gasteiger partial charge in [0.2, 0.25) is 0 Å². The van der Waals surface area contributed by atoms with Gasteiger partial charge in [-0.1, -0.05) is 60.7 Å². The number of rotatable bonds is 2. The van der Waals surface area contributed by atoms with Crippen LogP contribution in [0.15, 0.2) is 110 Å². The molecule has 6 aromatic rings. The molecule has 8 fully saturated rings. The average Bonchev–Trinajstić information content (AvgIpc) is 1.49. The Kier molecular flexibility index (Phi) is 13.3. The van der Waals surface area contributed by atoms with E-state index in [0.717, 1.165) is 159 Å². The number of aliphatic hydroxyl groups excluding tert-OH is 2. The highest BCUT2D eigenvalue weighted by Crippen LogP contribution is 2.68.